The van der Waals surface area contributed by atoms with Crippen molar-refractivity contribution in [2.24, 2.45) is 17.1 Å². The van der Waals surface area contributed by atoms with E-state index in [0.717, 1.165) is 12.0 Å². The zero-order valence-electron chi connectivity index (χ0n) is 24.3. The maximum absolute atomic E-state index is 15.6. The van der Waals surface area contributed by atoms with E-state index in [0.29, 0.717) is 62.1 Å². The molecule has 40 heavy (non-hydrogen) atoms. The van der Waals surface area contributed by atoms with Crippen LogP contribution in [-0.4, -0.2) is 62.0 Å². The molecule has 1 aliphatic rings. The van der Waals surface area contributed by atoms with Gasteiger partial charge in [0.15, 0.2) is 0 Å². The summed E-state index contributed by atoms with van der Waals surface area (Å²) in [6.45, 7) is 8.09. The number of benzene rings is 2. The Balaban J connectivity index is 1.97. The maximum atomic E-state index is 15.6. The molecule has 0 aliphatic carbocycles. The summed E-state index contributed by atoms with van der Waals surface area (Å²) in [6, 6.07) is 12.3. The van der Waals surface area contributed by atoms with Gasteiger partial charge in [-0.3, -0.25) is 0 Å². The van der Waals surface area contributed by atoms with E-state index in [1.165, 1.54) is 13.2 Å². The van der Waals surface area contributed by atoms with Gasteiger partial charge < -0.3 is 31.1 Å². The molecule has 3 amide bonds. The minimum absolute atomic E-state index is 0.198. The lowest BCUT2D eigenvalue weighted by Crippen LogP contribution is -2.52. The molecule has 1 saturated heterocycles. The van der Waals surface area contributed by atoms with E-state index in [4.69, 9.17) is 5.73 Å². The number of amides is 3. The Kier molecular flexibility index (Phi) is 10.9. The number of urea groups is 1. The molecule has 2 atom stereocenters. The third kappa shape index (κ3) is 7.73. The number of aliphatic hydroxyl groups is 1. The van der Waals surface area contributed by atoms with Crippen LogP contribution in [0, 0.1) is 17.2 Å². The van der Waals surface area contributed by atoms with E-state index in [-0.39, 0.29) is 30.3 Å². The lowest BCUT2D eigenvalue weighted by Gasteiger charge is -2.43. The average Bonchev–Trinajstić information content (AvgIpc) is 2.97. The molecule has 1 unspecified atom stereocenters. The number of likely N-dealkylation sites (tertiary alicyclic amines) is 1. The maximum Gasteiger partial charge on any atom is 0.406 e. The molecule has 0 radical (unpaired) electrons. The van der Waals surface area contributed by atoms with Crippen LogP contribution in [0.15, 0.2) is 42.5 Å². The Morgan fingerprint density at radius 2 is 1.95 bits per heavy atom. The Morgan fingerprint density at radius 1 is 1.20 bits per heavy atom. The molecule has 0 spiro atoms. The Morgan fingerprint density at radius 3 is 2.65 bits per heavy atom. The van der Waals surface area contributed by atoms with Gasteiger partial charge in [-0.15, -0.1) is 0 Å². The molecule has 1 fully saturated rings. The number of carbonyl (C=O) groups excluding carboxylic acids is 2. The van der Waals surface area contributed by atoms with Crippen molar-refractivity contribution < 1.29 is 23.8 Å². The molecule has 220 valence electrons. The van der Waals surface area contributed by atoms with Crippen molar-refractivity contribution >= 4 is 12.1 Å². The van der Waals surface area contributed by atoms with Gasteiger partial charge in [-0.2, -0.15) is 0 Å². The number of nitrogens with one attached hydrogen (secondary N) is 2. The second kappa shape index (κ2) is 13.9. The number of hydrogen-bond donors (Lipinski definition) is 4. The fraction of sp³-hybridized carbons (Fsp3) is 0.548. The highest BCUT2D eigenvalue weighted by atomic mass is 19.1. The predicted octanol–water partition coefficient (Wildman–Crippen LogP) is 4.79. The van der Waals surface area contributed by atoms with Crippen molar-refractivity contribution in [3.05, 3.63) is 59.4 Å². The zero-order chi connectivity index (χ0) is 29.3. The number of aryl methyl sites for hydroxylation is 1. The fourth-order valence-corrected chi connectivity index (χ4v) is 5.35. The normalized spacial score (nSPS) is 17.2. The number of methoxy groups -OCH3 is 1. The lowest BCUT2D eigenvalue weighted by molar-refractivity contribution is -0.0549. The molecule has 0 aromatic heterocycles. The highest BCUT2D eigenvalue weighted by molar-refractivity contribution is 5.74. The molecule has 5 N–H and O–H groups in total. The van der Waals surface area contributed by atoms with Crippen LogP contribution < -0.4 is 16.4 Å². The fourth-order valence-electron chi connectivity index (χ4n) is 5.35. The number of carbonyl (C=O) groups is 2. The average molecular weight is 557 g/mol. The van der Waals surface area contributed by atoms with Crippen LogP contribution in [0.25, 0.3) is 11.1 Å². The highest BCUT2D eigenvalue weighted by Gasteiger charge is 2.43. The van der Waals surface area contributed by atoms with Gasteiger partial charge in [-0.05, 0) is 66.8 Å². The number of halogens is 1. The van der Waals surface area contributed by atoms with Crippen molar-refractivity contribution in [3.8, 4) is 11.1 Å². The molecule has 1 aliphatic heterocycles. The summed E-state index contributed by atoms with van der Waals surface area (Å²) in [5.41, 5.74) is 6.78. The van der Waals surface area contributed by atoms with Crippen molar-refractivity contribution in [2.75, 3.05) is 39.8 Å². The van der Waals surface area contributed by atoms with Gasteiger partial charge in [0.2, 0.25) is 0 Å². The van der Waals surface area contributed by atoms with E-state index in [1.807, 2.05) is 45.0 Å². The van der Waals surface area contributed by atoms with Crippen molar-refractivity contribution in [3.63, 3.8) is 0 Å². The first-order valence-electron chi connectivity index (χ1n) is 14.2. The van der Waals surface area contributed by atoms with Crippen LogP contribution in [0.3, 0.4) is 0 Å². The van der Waals surface area contributed by atoms with Crippen LogP contribution in [-0.2, 0) is 16.8 Å². The first-order chi connectivity index (χ1) is 19.0. The summed E-state index contributed by atoms with van der Waals surface area (Å²) in [7, 11) is 1.30. The summed E-state index contributed by atoms with van der Waals surface area (Å²) in [4.78, 5) is 26.5. The largest absolute Gasteiger partial charge is 0.453 e. The summed E-state index contributed by atoms with van der Waals surface area (Å²) in [5.74, 6) is -0.756. The van der Waals surface area contributed by atoms with E-state index < -0.39 is 17.5 Å². The topological polar surface area (TPSA) is 117 Å². The lowest BCUT2D eigenvalue weighted by atomic mass is 9.72. The second-order valence-electron chi connectivity index (χ2n) is 11.5. The van der Waals surface area contributed by atoms with Gasteiger partial charge >= 0.3 is 12.1 Å². The smallest absolute Gasteiger partial charge is 0.406 e. The number of piperidine rings is 1. The van der Waals surface area contributed by atoms with Gasteiger partial charge in [0.05, 0.1) is 12.7 Å². The van der Waals surface area contributed by atoms with Gasteiger partial charge in [0.1, 0.15) is 5.82 Å². The van der Waals surface area contributed by atoms with Gasteiger partial charge in [-0.1, -0.05) is 57.2 Å². The summed E-state index contributed by atoms with van der Waals surface area (Å²) in [6.07, 6.45) is 2.33. The molecule has 3 rings (SSSR count). The molecule has 0 bridgehead atoms. The number of ether oxygens (including phenoxy) is 1. The Labute approximate surface area is 237 Å². The molecule has 2 aromatic carbocycles. The van der Waals surface area contributed by atoms with Crippen LogP contribution in [0.5, 0.6) is 0 Å². The molecular formula is C31H45FN4O4. The van der Waals surface area contributed by atoms with E-state index in [2.05, 4.69) is 15.4 Å². The molecule has 8 nitrogen and oxygen atoms in total. The minimum Gasteiger partial charge on any atom is -0.453 e. The first kappa shape index (κ1) is 31.4. The standard InChI is InChI=1S/C31H45FN4O4/c1-5-22-10-6-11-23(18-22)27-25(13-7-14-26(27)32)31(39,15-9-16-34-29(38)40-4)24-12-8-17-36(19-24)28(37)35-21-30(2,3)20-33/h6-7,10-11,13-14,18,24,39H,5,8-9,12,15-17,19-21,33H2,1-4H3,(H,34,38)(H,35,37)/t24-,31?/m1/s1. The van der Waals surface area contributed by atoms with Gasteiger partial charge in [-0.25, -0.2) is 14.0 Å². The van der Waals surface area contributed by atoms with Crippen LogP contribution in [0.1, 0.15) is 57.6 Å². The Hall–Kier alpha value is -3.17. The van der Waals surface area contributed by atoms with Gasteiger partial charge in [0.25, 0.3) is 0 Å². The van der Waals surface area contributed by atoms with Crippen molar-refractivity contribution in [1.82, 2.24) is 15.5 Å². The van der Waals surface area contributed by atoms with Gasteiger partial charge in [0, 0.05) is 37.7 Å². The zero-order valence-corrected chi connectivity index (χ0v) is 24.3. The number of nitrogens with zero attached hydrogens (tertiary/aromatic N) is 1. The summed E-state index contributed by atoms with van der Waals surface area (Å²) >= 11 is 0. The molecule has 9 heteroatoms. The SMILES string of the molecule is CCc1cccc(-c2c(F)cccc2C(O)(CCCNC(=O)OC)[C@@H]2CCCN(C(=O)NCC(C)(C)CN)C2)c1. The van der Waals surface area contributed by atoms with Crippen molar-refractivity contribution in [2.45, 2.75) is 58.5 Å². The molecule has 2 aromatic rings. The van der Waals surface area contributed by atoms with E-state index in [1.54, 1.807) is 17.0 Å². The van der Waals surface area contributed by atoms with E-state index in [9.17, 15) is 14.7 Å². The number of alkyl carbamates (subject to hydrolysis) is 1. The number of rotatable bonds is 11. The second-order valence-corrected chi connectivity index (χ2v) is 11.5. The number of hydrogen-bond acceptors (Lipinski definition) is 5. The number of nitrogens with two attached hydrogens (primary N) is 1. The predicted molar refractivity (Wildman–Crippen MR) is 155 cm³/mol. The monoisotopic (exact) mass is 556 g/mol. The quantitative estimate of drug-likeness (QED) is 0.297. The van der Waals surface area contributed by atoms with E-state index >= 15 is 4.39 Å². The summed E-state index contributed by atoms with van der Waals surface area (Å²) < 4.78 is 20.3. The van der Waals surface area contributed by atoms with Crippen LogP contribution in [0.2, 0.25) is 0 Å². The highest BCUT2D eigenvalue weighted by Crippen LogP contribution is 2.44. The molecule has 0 saturated carbocycles. The third-order valence-electron chi connectivity index (χ3n) is 7.95. The molecular weight excluding hydrogens is 511 g/mol. The van der Waals surface area contributed by atoms with Crippen molar-refractivity contribution in [1.29, 1.82) is 0 Å². The summed E-state index contributed by atoms with van der Waals surface area (Å²) in [5, 5.41) is 18.2. The molecule has 1 heterocycles. The first-order valence-corrected chi connectivity index (χ1v) is 14.2. The van der Waals surface area contributed by atoms with Crippen LogP contribution >= 0.6 is 0 Å². The third-order valence-corrected chi connectivity index (χ3v) is 7.95. The Bertz CT molecular complexity index is 1160. The minimum atomic E-state index is -1.45. The van der Waals surface area contributed by atoms with Crippen LogP contribution in [0.4, 0.5) is 14.0 Å².